The van der Waals surface area contributed by atoms with Crippen molar-refractivity contribution in [2.45, 2.75) is 69.8 Å². The third-order valence-electron chi connectivity index (χ3n) is 7.88. The van der Waals surface area contributed by atoms with Gasteiger partial charge in [0, 0.05) is 25.7 Å². The van der Waals surface area contributed by atoms with E-state index in [1.165, 1.54) is 11.1 Å². The normalized spacial score (nSPS) is 18.0. The van der Waals surface area contributed by atoms with Crippen LogP contribution in [0.1, 0.15) is 95.4 Å². The van der Waals surface area contributed by atoms with Crippen LogP contribution in [0, 0.1) is 0 Å². The van der Waals surface area contributed by atoms with Crippen LogP contribution in [-0.4, -0.2) is 44.4 Å². The van der Waals surface area contributed by atoms with E-state index in [0.29, 0.717) is 48.8 Å². The minimum absolute atomic E-state index is 0.0170. The molecule has 10 heteroatoms. The number of hydrogen-bond acceptors (Lipinski definition) is 4. The number of halogens is 4. The predicted molar refractivity (Wildman–Crippen MR) is 136 cm³/mol. The summed E-state index contributed by atoms with van der Waals surface area (Å²) >= 11 is 0. The molecule has 1 aliphatic carbocycles. The van der Waals surface area contributed by atoms with Gasteiger partial charge in [-0.15, -0.1) is 0 Å². The number of amides is 1. The van der Waals surface area contributed by atoms with Gasteiger partial charge in [-0.2, -0.15) is 5.10 Å². The molecule has 3 aromatic rings. The van der Waals surface area contributed by atoms with Crippen LogP contribution in [0.3, 0.4) is 0 Å². The van der Waals surface area contributed by atoms with E-state index in [1.54, 1.807) is 11.1 Å². The zero-order chi connectivity index (χ0) is 27.5. The van der Waals surface area contributed by atoms with E-state index in [9.17, 15) is 27.2 Å². The molecule has 1 saturated heterocycles. The molecular weight excluding hydrogens is 512 g/mol. The summed E-state index contributed by atoms with van der Waals surface area (Å²) in [5.41, 5.74) is 2.54. The van der Waals surface area contributed by atoms with Crippen LogP contribution in [-0.2, 0) is 17.8 Å². The molecule has 0 radical (unpaired) electrons. The Balaban J connectivity index is 1.19. The van der Waals surface area contributed by atoms with Crippen molar-refractivity contribution in [3.05, 3.63) is 82.4 Å². The van der Waals surface area contributed by atoms with Crippen LogP contribution in [0.2, 0.25) is 0 Å². The maximum absolute atomic E-state index is 13.3. The number of carbonyl (C=O) groups is 2. The molecule has 0 bridgehead atoms. The molecule has 1 aliphatic heterocycles. The number of fused-ring (bicyclic) bond motifs is 1. The van der Waals surface area contributed by atoms with Crippen molar-refractivity contribution in [3.8, 4) is 0 Å². The summed E-state index contributed by atoms with van der Waals surface area (Å²) in [6.45, 7) is 0.261. The third kappa shape index (κ3) is 6.04. The fourth-order valence-corrected chi connectivity index (χ4v) is 5.80. The Hall–Kier alpha value is -3.56. The van der Waals surface area contributed by atoms with Crippen LogP contribution in [0.15, 0.2) is 48.7 Å². The van der Waals surface area contributed by atoms with E-state index in [2.05, 4.69) is 22.2 Å². The second-order valence-electron chi connectivity index (χ2n) is 10.3. The molecule has 206 valence electrons. The van der Waals surface area contributed by atoms with Gasteiger partial charge >= 0.3 is 0 Å². The fraction of sp³-hybridized carbons (Fsp3) is 0.448. The first-order chi connectivity index (χ1) is 18.8. The quantitative estimate of drug-likeness (QED) is 0.249. The first-order valence-corrected chi connectivity index (χ1v) is 13.3. The lowest BCUT2D eigenvalue weighted by molar-refractivity contribution is -0.133. The standard InChI is InChI=1S/C29H30F4N4O2/c30-28(31)24-16-25(29(32)33)37(35-24)17-27(39)36-12-9-18(10-13-36)20-8-11-34-23(14-20)26(38)15-21-6-3-5-19-4-1-2-7-22(19)21/h1-2,4,7-8,11,14,16,18,21,28-29H,3,5-6,9-10,12-13,15,17H2/t21-/m0/s1. The molecule has 0 N–H and O–H groups in total. The number of ketones is 1. The highest BCUT2D eigenvalue weighted by Gasteiger charge is 2.28. The highest BCUT2D eigenvalue weighted by Crippen LogP contribution is 2.35. The van der Waals surface area contributed by atoms with Gasteiger partial charge in [0.05, 0.1) is 0 Å². The predicted octanol–water partition coefficient (Wildman–Crippen LogP) is 6.25. The average Bonchev–Trinajstić information content (AvgIpc) is 3.38. The monoisotopic (exact) mass is 542 g/mol. The van der Waals surface area contributed by atoms with E-state index in [0.717, 1.165) is 24.8 Å². The minimum Gasteiger partial charge on any atom is -0.341 e. The number of pyridine rings is 1. The molecule has 2 aromatic heterocycles. The van der Waals surface area contributed by atoms with Crippen LogP contribution in [0.4, 0.5) is 17.6 Å². The number of benzene rings is 1. The van der Waals surface area contributed by atoms with Gasteiger partial charge < -0.3 is 4.90 Å². The Kier molecular flexibility index (Phi) is 8.09. The Morgan fingerprint density at radius 1 is 0.974 bits per heavy atom. The molecule has 5 rings (SSSR count). The average molecular weight is 543 g/mol. The molecular formula is C29H30F4N4O2. The van der Waals surface area contributed by atoms with Gasteiger partial charge in [0.15, 0.2) is 5.78 Å². The molecule has 0 unspecified atom stereocenters. The van der Waals surface area contributed by atoms with Gasteiger partial charge in [-0.3, -0.25) is 19.3 Å². The molecule has 3 heterocycles. The van der Waals surface area contributed by atoms with Gasteiger partial charge in [-0.1, -0.05) is 24.3 Å². The van der Waals surface area contributed by atoms with Crippen molar-refractivity contribution < 1.29 is 27.2 Å². The third-order valence-corrected chi connectivity index (χ3v) is 7.88. The fourth-order valence-electron chi connectivity index (χ4n) is 5.80. The lowest BCUT2D eigenvalue weighted by atomic mass is 9.80. The molecule has 1 amide bonds. The van der Waals surface area contributed by atoms with Crippen LogP contribution in [0.25, 0.3) is 0 Å². The zero-order valence-corrected chi connectivity index (χ0v) is 21.4. The van der Waals surface area contributed by atoms with Crippen molar-refractivity contribution in [2.75, 3.05) is 13.1 Å². The summed E-state index contributed by atoms with van der Waals surface area (Å²) in [4.78, 5) is 31.8. The van der Waals surface area contributed by atoms with E-state index < -0.39 is 36.7 Å². The number of carbonyl (C=O) groups excluding carboxylic acids is 2. The van der Waals surface area contributed by atoms with Crippen LogP contribution in [0.5, 0.6) is 0 Å². The summed E-state index contributed by atoms with van der Waals surface area (Å²) in [6, 6.07) is 12.7. The van der Waals surface area contributed by atoms with Crippen molar-refractivity contribution in [2.24, 2.45) is 0 Å². The number of Topliss-reactive ketones (excluding diaryl/α,β-unsaturated/α-hetero) is 1. The van der Waals surface area contributed by atoms with Gasteiger partial charge in [-0.25, -0.2) is 17.6 Å². The van der Waals surface area contributed by atoms with Crippen molar-refractivity contribution in [3.63, 3.8) is 0 Å². The van der Waals surface area contributed by atoms with Crippen molar-refractivity contribution in [1.29, 1.82) is 0 Å². The van der Waals surface area contributed by atoms with Crippen molar-refractivity contribution in [1.82, 2.24) is 19.7 Å². The molecule has 1 aromatic carbocycles. The molecule has 39 heavy (non-hydrogen) atoms. The smallest absolute Gasteiger partial charge is 0.282 e. The molecule has 2 aliphatic rings. The number of aromatic nitrogens is 3. The lowest BCUT2D eigenvalue weighted by Gasteiger charge is -2.32. The number of rotatable bonds is 8. The topological polar surface area (TPSA) is 68.1 Å². The van der Waals surface area contributed by atoms with Gasteiger partial charge in [0.25, 0.3) is 12.9 Å². The maximum Gasteiger partial charge on any atom is 0.282 e. The summed E-state index contributed by atoms with van der Waals surface area (Å²) in [5, 5.41) is 3.51. The number of alkyl halides is 4. The van der Waals surface area contributed by atoms with Gasteiger partial charge in [-0.05, 0) is 78.8 Å². The number of nitrogens with zero attached hydrogens (tertiary/aromatic N) is 4. The van der Waals surface area contributed by atoms with Crippen molar-refractivity contribution >= 4 is 11.7 Å². The number of aryl methyl sites for hydroxylation is 1. The summed E-state index contributed by atoms with van der Waals surface area (Å²) in [7, 11) is 0. The Bertz CT molecular complexity index is 1330. The van der Waals surface area contributed by atoms with E-state index in [1.807, 2.05) is 24.3 Å². The van der Waals surface area contributed by atoms with Crippen LogP contribution < -0.4 is 0 Å². The van der Waals surface area contributed by atoms with Gasteiger partial charge in [0.1, 0.15) is 23.6 Å². The summed E-state index contributed by atoms with van der Waals surface area (Å²) in [5.74, 6) is -0.119. The Morgan fingerprint density at radius 2 is 1.74 bits per heavy atom. The summed E-state index contributed by atoms with van der Waals surface area (Å²) < 4.78 is 53.1. The number of likely N-dealkylation sites (tertiary alicyclic amines) is 1. The maximum atomic E-state index is 13.3. The first kappa shape index (κ1) is 27.0. The molecule has 0 spiro atoms. The number of piperidine rings is 1. The minimum atomic E-state index is -3.01. The highest BCUT2D eigenvalue weighted by atomic mass is 19.3. The number of hydrogen-bond donors (Lipinski definition) is 0. The van der Waals surface area contributed by atoms with E-state index in [4.69, 9.17) is 0 Å². The van der Waals surface area contributed by atoms with Gasteiger partial charge in [0.2, 0.25) is 5.91 Å². The van der Waals surface area contributed by atoms with Crippen LogP contribution >= 0.6 is 0 Å². The van der Waals surface area contributed by atoms with E-state index in [-0.39, 0.29) is 17.6 Å². The lowest BCUT2D eigenvalue weighted by Crippen LogP contribution is -2.40. The van der Waals surface area contributed by atoms with E-state index >= 15 is 0 Å². The SMILES string of the molecule is O=C(C[C@@H]1CCCc2ccccc21)c1cc(C2CCN(C(=O)Cn3nc(C(F)F)cc3C(F)F)CC2)ccn1. The molecule has 1 atom stereocenters. The Morgan fingerprint density at radius 3 is 2.49 bits per heavy atom. The first-order valence-electron chi connectivity index (χ1n) is 13.3. The molecule has 0 saturated carbocycles. The second-order valence-corrected chi connectivity index (χ2v) is 10.3. The molecule has 6 nitrogen and oxygen atoms in total. The zero-order valence-electron chi connectivity index (χ0n) is 21.4. The second kappa shape index (κ2) is 11.7. The molecule has 1 fully saturated rings. The summed E-state index contributed by atoms with van der Waals surface area (Å²) in [6.07, 6.45) is 0.408. The highest BCUT2D eigenvalue weighted by molar-refractivity contribution is 5.95. The Labute approximate surface area is 224 Å². The largest absolute Gasteiger partial charge is 0.341 e.